The molecule has 1 N–H and O–H groups in total. The monoisotopic (exact) mass is 255 g/mol. The number of likely N-dealkylation sites (N-methyl/N-ethyl adjacent to an activating group) is 2. The third-order valence-electron chi connectivity index (χ3n) is 3.15. The number of aromatic carboxylic acids is 1. The van der Waals surface area contributed by atoms with E-state index >= 15 is 0 Å². The SMILES string of the molecule is Cc1sc(C2CN(C)CCN2C)nc1C(=O)O. The van der Waals surface area contributed by atoms with E-state index in [1.165, 1.54) is 11.3 Å². The van der Waals surface area contributed by atoms with Crippen LogP contribution in [0.5, 0.6) is 0 Å². The van der Waals surface area contributed by atoms with Crippen LogP contribution in [0.3, 0.4) is 0 Å². The van der Waals surface area contributed by atoms with Crippen LogP contribution in [0.25, 0.3) is 0 Å². The van der Waals surface area contributed by atoms with Crippen molar-refractivity contribution in [2.75, 3.05) is 33.7 Å². The number of carboxylic acids is 1. The average Bonchev–Trinajstić information content (AvgIpc) is 2.64. The smallest absolute Gasteiger partial charge is 0.355 e. The van der Waals surface area contributed by atoms with Gasteiger partial charge in [-0.25, -0.2) is 9.78 Å². The maximum atomic E-state index is 11.0. The van der Waals surface area contributed by atoms with Crippen LogP contribution in [0.15, 0.2) is 0 Å². The molecule has 1 saturated heterocycles. The Morgan fingerprint density at radius 2 is 2.18 bits per heavy atom. The summed E-state index contributed by atoms with van der Waals surface area (Å²) in [5.41, 5.74) is 0.201. The maximum absolute atomic E-state index is 11.0. The third kappa shape index (κ3) is 2.48. The van der Waals surface area contributed by atoms with Gasteiger partial charge in [0, 0.05) is 24.5 Å². The zero-order valence-corrected chi connectivity index (χ0v) is 11.1. The second kappa shape index (κ2) is 4.72. The highest BCUT2D eigenvalue weighted by Gasteiger charge is 2.28. The molecule has 17 heavy (non-hydrogen) atoms. The summed E-state index contributed by atoms with van der Waals surface area (Å²) in [6, 6.07) is 0.213. The molecular formula is C11H17N3O2S. The number of aryl methyl sites for hydroxylation is 1. The lowest BCUT2D eigenvalue weighted by Crippen LogP contribution is -2.44. The number of carboxylic acid groups (broad SMARTS) is 1. The molecule has 0 amide bonds. The fourth-order valence-corrected chi connectivity index (χ4v) is 3.11. The van der Waals surface area contributed by atoms with Gasteiger partial charge in [0.1, 0.15) is 5.01 Å². The first-order valence-corrected chi connectivity index (χ1v) is 6.40. The summed E-state index contributed by atoms with van der Waals surface area (Å²) >= 11 is 1.49. The van der Waals surface area contributed by atoms with Crippen molar-refractivity contribution in [1.29, 1.82) is 0 Å². The van der Waals surface area contributed by atoms with Crippen molar-refractivity contribution in [3.63, 3.8) is 0 Å². The Morgan fingerprint density at radius 1 is 1.47 bits per heavy atom. The van der Waals surface area contributed by atoms with Gasteiger partial charge in [-0.05, 0) is 21.0 Å². The molecule has 0 bridgehead atoms. The number of carbonyl (C=O) groups is 1. The van der Waals surface area contributed by atoms with E-state index in [1.807, 2.05) is 6.92 Å². The lowest BCUT2D eigenvalue weighted by atomic mass is 10.2. The van der Waals surface area contributed by atoms with Gasteiger partial charge in [-0.3, -0.25) is 4.90 Å². The second-order valence-electron chi connectivity index (χ2n) is 4.52. The van der Waals surface area contributed by atoms with Crippen LogP contribution in [-0.2, 0) is 0 Å². The molecule has 1 aromatic heterocycles. The maximum Gasteiger partial charge on any atom is 0.355 e. The van der Waals surface area contributed by atoms with E-state index in [0.29, 0.717) is 0 Å². The first kappa shape index (κ1) is 12.5. The standard InChI is InChI=1S/C11H17N3O2S/c1-7-9(11(15)16)12-10(17-7)8-6-13(2)4-5-14(8)3/h8H,4-6H2,1-3H3,(H,15,16). The van der Waals surface area contributed by atoms with Gasteiger partial charge >= 0.3 is 5.97 Å². The highest BCUT2D eigenvalue weighted by molar-refractivity contribution is 7.11. The molecule has 6 heteroatoms. The van der Waals surface area contributed by atoms with Crippen LogP contribution in [-0.4, -0.2) is 59.6 Å². The predicted molar refractivity (Wildman–Crippen MR) is 66.7 cm³/mol. The van der Waals surface area contributed by atoms with Crippen molar-refractivity contribution in [2.24, 2.45) is 0 Å². The summed E-state index contributed by atoms with van der Waals surface area (Å²) in [5.74, 6) is -0.934. The first-order valence-electron chi connectivity index (χ1n) is 5.58. The quantitative estimate of drug-likeness (QED) is 0.856. The van der Waals surface area contributed by atoms with Crippen LogP contribution < -0.4 is 0 Å². The summed E-state index contributed by atoms with van der Waals surface area (Å²) in [5, 5.41) is 9.93. The normalized spacial score (nSPS) is 22.9. The van der Waals surface area contributed by atoms with Gasteiger partial charge in [0.05, 0.1) is 6.04 Å². The molecule has 1 aromatic rings. The zero-order valence-electron chi connectivity index (χ0n) is 10.3. The molecule has 0 radical (unpaired) electrons. The number of hydrogen-bond donors (Lipinski definition) is 1. The largest absolute Gasteiger partial charge is 0.476 e. The lowest BCUT2D eigenvalue weighted by Gasteiger charge is -2.36. The third-order valence-corrected chi connectivity index (χ3v) is 4.22. The summed E-state index contributed by atoms with van der Waals surface area (Å²) < 4.78 is 0. The van der Waals surface area contributed by atoms with Gasteiger partial charge in [-0.2, -0.15) is 0 Å². The van der Waals surface area contributed by atoms with Gasteiger partial charge in [0.2, 0.25) is 0 Å². The van der Waals surface area contributed by atoms with Gasteiger partial charge in [-0.1, -0.05) is 0 Å². The minimum atomic E-state index is -0.934. The number of thiazole rings is 1. The molecule has 1 fully saturated rings. The van der Waals surface area contributed by atoms with Gasteiger partial charge in [0.15, 0.2) is 5.69 Å². The number of nitrogens with zero attached hydrogens (tertiary/aromatic N) is 3. The van der Waals surface area contributed by atoms with Gasteiger partial charge < -0.3 is 10.0 Å². The Kier molecular flexibility index (Phi) is 3.46. The molecule has 2 rings (SSSR count). The molecule has 0 saturated carbocycles. The molecule has 1 unspecified atom stereocenters. The lowest BCUT2D eigenvalue weighted by molar-refractivity contribution is 0.0689. The minimum Gasteiger partial charge on any atom is -0.476 e. The Hall–Kier alpha value is -0.980. The molecule has 0 aliphatic carbocycles. The molecule has 5 nitrogen and oxygen atoms in total. The second-order valence-corrected chi connectivity index (χ2v) is 5.76. The molecule has 1 aliphatic rings. The average molecular weight is 255 g/mol. The highest BCUT2D eigenvalue weighted by atomic mass is 32.1. The molecule has 0 aromatic carbocycles. The summed E-state index contributed by atoms with van der Waals surface area (Å²) in [4.78, 5) is 20.5. The van der Waals surface area contributed by atoms with Crippen LogP contribution in [0, 0.1) is 6.92 Å². The summed E-state index contributed by atoms with van der Waals surface area (Å²) in [6.07, 6.45) is 0. The van der Waals surface area contributed by atoms with E-state index < -0.39 is 5.97 Å². The van der Waals surface area contributed by atoms with Crippen LogP contribution >= 0.6 is 11.3 Å². The van der Waals surface area contributed by atoms with Crippen LogP contribution in [0.2, 0.25) is 0 Å². The molecule has 0 spiro atoms. The van der Waals surface area contributed by atoms with E-state index in [-0.39, 0.29) is 11.7 Å². The van der Waals surface area contributed by atoms with Crippen molar-refractivity contribution in [1.82, 2.24) is 14.8 Å². The number of rotatable bonds is 2. The Labute approximate surface area is 105 Å². The Morgan fingerprint density at radius 3 is 2.76 bits per heavy atom. The van der Waals surface area contributed by atoms with Crippen molar-refractivity contribution in [3.05, 3.63) is 15.6 Å². The fourth-order valence-electron chi connectivity index (χ4n) is 2.03. The van der Waals surface area contributed by atoms with Crippen LogP contribution in [0.4, 0.5) is 0 Å². The molecule has 94 valence electrons. The van der Waals surface area contributed by atoms with Gasteiger partial charge in [-0.15, -0.1) is 11.3 Å². The van der Waals surface area contributed by atoms with E-state index in [1.54, 1.807) is 0 Å². The highest BCUT2D eigenvalue weighted by Crippen LogP contribution is 2.29. The van der Waals surface area contributed by atoms with Crippen LogP contribution in [0.1, 0.15) is 26.4 Å². The van der Waals surface area contributed by atoms with Crippen molar-refractivity contribution in [2.45, 2.75) is 13.0 Å². The van der Waals surface area contributed by atoms with Crippen molar-refractivity contribution >= 4 is 17.3 Å². The van der Waals surface area contributed by atoms with Gasteiger partial charge in [0.25, 0.3) is 0 Å². The van der Waals surface area contributed by atoms with E-state index in [9.17, 15) is 4.79 Å². The van der Waals surface area contributed by atoms with E-state index in [0.717, 1.165) is 29.5 Å². The number of hydrogen-bond acceptors (Lipinski definition) is 5. The zero-order chi connectivity index (χ0) is 12.6. The summed E-state index contributed by atoms with van der Waals surface area (Å²) in [7, 11) is 4.15. The van der Waals surface area contributed by atoms with E-state index in [2.05, 4.69) is 28.9 Å². The molecule has 1 aliphatic heterocycles. The topological polar surface area (TPSA) is 56.7 Å². The summed E-state index contributed by atoms with van der Waals surface area (Å²) in [6.45, 7) is 4.75. The fraction of sp³-hybridized carbons (Fsp3) is 0.636. The Bertz CT molecular complexity index is 432. The minimum absolute atomic E-state index is 0.201. The molecule has 1 atom stereocenters. The first-order chi connectivity index (χ1) is 7.99. The molecular weight excluding hydrogens is 238 g/mol. The number of aromatic nitrogens is 1. The van der Waals surface area contributed by atoms with Crippen molar-refractivity contribution < 1.29 is 9.90 Å². The molecule has 2 heterocycles. The predicted octanol–water partition coefficient (Wildman–Crippen LogP) is 1.07. The Balaban J connectivity index is 2.26. The van der Waals surface area contributed by atoms with Crippen molar-refractivity contribution in [3.8, 4) is 0 Å². The van der Waals surface area contributed by atoms with E-state index in [4.69, 9.17) is 5.11 Å². The number of piperazine rings is 1.